The summed E-state index contributed by atoms with van der Waals surface area (Å²) < 4.78 is 1.00. The van der Waals surface area contributed by atoms with E-state index in [4.69, 9.17) is 4.98 Å². The average molecular weight is 656 g/mol. The van der Waals surface area contributed by atoms with E-state index in [2.05, 4.69) is 85.5 Å². The molecule has 0 fully saturated rings. The van der Waals surface area contributed by atoms with Crippen molar-refractivity contribution in [2.24, 2.45) is 0 Å². The molecule has 3 aromatic carbocycles. The first-order valence-electron chi connectivity index (χ1n) is 14.7. The van der Waals surface area contributed by atoms with Gasteiger partial charge in [-0.3, -0.25) is 0 Å². The average Bonchev–Trinajstić information content (AvgIpc) is 3.92. The van der Waals surface area contributed by atoms with Crippen LogP contribution in [-0.2, 0) is 0 Å². The number of nitrogens with zero attached hydrogens (tertiary/aromatic N) is 3. The highest BCUT2D eigenvalue weighted by Gasteiger charge is 2.15. The first-order chi connectivity index (χ1) is 22.6. The third kappa shape index (κ3) is 4.77. The third-order valence-corrected chi connectivity index (χ3v) is 8.84. The fraction of sp³-hybridized carbons (Fsp3) is 0. The van der Waals surface area contributed by atoms with Gasteiger partial charge in [-0.15, -0.1) is 0 Å². The van der Waals surface area contributed by atoms with Gasteiger partial charge in [-0.05, 0) is 102 Å². The smallest absolute Gasteiger partial charge is 0.0991 e. The summed E-state index contributed by atoms with van der Waals surface area (Å²) in [5.41, 5.74) is 14.3. The van der Waals surface area contributed by atoms with Gasteiger partial charge in [0, 0.05) is 48.7 Å². The summed E-state index contributed by atoms with van der Waals surface area (Å²) in [5, 5.41) is 18.9. The maximum atomic E-state index is 9.43. The van der Waals surface area contributed by atoms with Crippen LogP contribution in [0.5, 0.6) is 0 Å². The van der Waals surface area contributed by atoms with E-state index in [0.717, 1.165) is 82.3 Å². The molecule has 6 nitrogen and oxygen atoms in total. The van der Waals surface area contributed by atoms with E-state index in [9.17, 15) is 10.5 Å². The zero-order chi connectivity index (χ0) is 31.2. The Bertz CT molecular complexity index is 2530. The van der Waals surface area contributed by atoms with E-state index >= 15 is 0 Å². The molecule has 4 aromatic heterocycles. The fourth-order valence-corrected chi connectivity index (χ4v) is 6.37. The minimum atomic E-state index is 0.603. The Hall–Kier alpha value is -6.15. The lowest BCUT2D eigenvalue weighted by Crippen LogP contribution is -1.86. The summed E-state index contributed by atoms with van der Waals surface area (Å²) in [6.45, 7) is 0. The molecule has 46 heavy (non-hydrogen) atoms. The molecule has 3 N–H and O–H groups in total. The molecule has 0 atom stereocenters. The number of nitriles is 2. The van der Waals surface area contributed by atoms with Crippen LogP contribution in [0.15, 0.2) is 114 Å². The standard InChI is InChI=1S/C39H23BrN6/c40-28-11-9-27(10-12-28)39-35-19-17-33(45-35)37(25-5-1-23(21-41)2-6-25)31-15-13-29(43-31)30-14-16-32(44-30)38(34-18-20-36(39)46-34)26-7-3-24(22-42)4-8-26/h1-20,43,45-46H. The molecule has 1 aliphatic rings. The maximum absolute atomic E-state index is 9.43. The van der Waals surface area contributed by atoms with Crippen LogP contribution >= 0.6 is 15.9 Å². The lowest BCUT2D eigenvalue weighted by molar-refractivity contribution is 1.32. The monoisotopic (exact) mass is 654 g/mol. The predicted octanol–water partition coefficient (Wildman–Crippen LogP) is 10.2. The minimum Gasteiger partial charge on any atom is -0.354 e. The molecule has 0 amide bonds. The van der Waals surface area contributed by atoms with E-state index in [-0.39, 0.29) is 0 Å². The number of benzene rings is 3. The number of aromatic amines is 3. The number of aromatic nitrogens is 4. The Kier molecular flexibility index (Phi) is 6.61. The number of rotatable bonds is 3. The van der Waals surface area contributed by atoms with Crippen molar-refractivity contribution in [2.45, 2.75) is 0 Å². The first-order valence-corrected chi connectivity index (χ1v) is 15.5. The minimum absolute atomic E-state index is 0.603. The topological polar surface area (TPSA) is 108 Å². The Morgan fingerprint density at radius 2 is 0.804 bits per heavy atom. The lowest BCUT2D eigenvalue weighted by atomic mass is 10.0. The molecule has 0 unspecified atom stereocenters. The van der Waals surface area contributed by atoms with Crippen LogP contribution in [0.25, 0.3) is 78.6 Å². The van der Waals surface area contributed by atoms with Gasteiger partial charge in [0.2, 0.25) is 0 Å². The van der Waals surface area contributed by atoms with Crippen molar-refractivity contribution < 1.29 is 0 Å². The van der Waals surface area contributed by atoms with Crippen molar-refractivity contribution in [2.75, 3.05) is 0 Å². The number of hydrogen-bond donors (Lipinski definition) is 3. The molecule has 8 rings (SSSR count). The third-order valence-electron chi connectivity index (χ3n) is 8.32. The van der Waals surface area contributed by atoms with Gasteiger partial charge in [0.1, 0.15) is 0 Å². The zero-order valence-electron chi connectivity index (χ0n) is 24.3. The lowest BCUT2D eigenvalue weighted by Gasteiger charge is -2.05. The zero-order valence-corrected chi connectivity index (χ0v) is 25.9. The largest absolute Gasteiger partial charge is 0.354 e. The second-order valence-corrected chi connectivity index (χ2v) is 12.0. The highest BCUT2D eigenvalue weighted by atomic mass is 79.9. The van der Waals surface area contributed by atoms with E-state index in [0.29, 0.717) is 11.1 Å². The molecule has 7 aromatic rings. The van der Waals surface area contributed by atoms with Crippen molar-refractivity contribution in [1.29, 1.82) is 10.5 Å². The number of nitrogens with one attached hydrogen (secondary N) is 3. The molecule has 8 bridgehead atoms. The summed E-state index contributed by atoms with van der Waals surface area (Å²) in [4.78, 5) is 16.2. The van der Waals surface area contributed by atoms with Gasteiger partial charge in [0.15, 0.2) is 0 Å². The first kappa shape index (κ1) is 27.4. The molecule has 0 saturated heterocycles. The number of halogens is 1. The van der Waals surface area contributed by atoms with E-state index in [1.54, 1.807) is 0 Å². The van der Waals surface area contributed by atoms with E-state index < -0.39 is 0 Å². The second kappa shape index (κ2) is 11.1. The summed E-state index contributed by atoms with van der Waals surface area (Å²) >= 11 is 3.59. The van der Waals surface area contributed by atoms with Crippen LogP contribution in [0.1, 0.15) is 22.5 Å². The van der Waals surface area contributed by atoms with Gasteiger partial charge in [0.05, 0.1) is 40.2 Å². The Balaban J connectivity index is 1.53. The van der Waals surface area contributed by atoms with Gasteiger partial charge in [0.25, 0.3) is 0 Å². The Morgan fingerprint density at radius 1 is 0.435 bits per heavy atom. The van der Waals surface area contributed by atoms with Crippen LogP contribution in [0.4, 0.5) is 0 Å². The number of H-pyrrole nitrogens is 3. The summed E-state index contributed by atoms with van der Waals surface area (Å²) in [6.07, 6.45) is 4.06. The highest BCUT2D eigenvalue weighted by Crippen LogP contribution is 2.36. The molecule has 0 saturated carbocycles. The van der Waals surface area contributed by atoms with Crippen molar-refractivity contribution in [3.8, 4) is 45.5 Å². The van der Waals surface area contributed by atoms with Gasteiger partial charge in [-0.2, -0.15) is 10.5 Å². The van der Waals surface area contributed by atoms with Gasteiger partial charge < -0.3 is 15.0 Å². The van der Waals surface area contributed by atoms with Crippen molar-refractivity contribution in [1.82, 2.24) is 19.9 Å². The molecule has 0 spiro atoms. The van der Waals surface area contributed by atoms with Gasteiger partial charge in [-0.25, -0.2) is 4.98 Å². The summed E-state index contributed by atoms with van der Waals surface area (Å²) in [5.74, 6) is 0. The van der Waals surface area contributed by atoms with Gasteiger partial charge in [-0.1, -0.05) is 52.3 Å². The highest BCUT2D eigenvalue weighted by molar-refractivity contribution is 9.10. The molecular weight excluding hydrogens is 632 g/mol. The van der Waals surface area contributed by atoms with Crippen LogP contribution in [0.2, 0.25) is 0 Å². The predicted molar refractivity (Wildman–Crippen MR) is 189 cm³/mol. The van der Waals surface area contributed by atoms with E-state index in [1.807, 2.05) is 78.9 Å². The van der Waals surface area contributed by atoms with E-state index in [1.165, 1.54) is 0 Å². The Morgan fingerprint density at radius 3 is 1.28 bits per heavy atom. The second-order valence-electron chi connectivity index (χ2n) is 11.1. The summed E-state index contributed by atoms with van der Waals surface area (Å²) in [7, 11) is 0. The maximum Gasteiger partial charge on any atom is 0.0991 e. The van der Waals surface area contributed by atoms with Crippen molar-refractivity contribution >= 4 is 61.2 Å². The molecule has 216 valence electrons. The number of fused-ring (bicyclic) bond motifs is 9. The molecule has 0 radical (unpaired) electrons. The van der Waals surface area contributed by atoms with Crippen molar-refractivity contribution in [3.05, 3.63) is 136 Å². The Labute approximate surface area is 272 Å². The van der Waals surface area contributed by atoms with Crippen LogP contribution in [0.3, 0.4) is 0 Å². The molecule has 7 heteroatoms. The quantitative estimate of drug-likeness (QED) is 0.176. The van der Waals surface area contributed by atoms with Crippen LogP contribution in [0, 0.1) is 22.7 Å². The number of hydrogen-bond acceptors (Lipinski definition) is 3. The van der Waals surface area contributed by atoms with Crippen molar-refractivity contribution in [3.63, 3.8) is 0 Å². The fourth-order valence-electron chi connectivity index (χ4n) is 6.11. The van der Waals surface area contributed by atoms with Crippen LogP contribution in [-0.4, -0.2) is 19.9 Å². The van der Waals surface area contributed by atoms with Gasteiger partial charge >= 0.3 is 0 Å². The normalized spacial score (nSPS) is 11.5. The molecule has 0 aliphatic carbocycles. The summed E-state index contributed by atoms with van der Waals surface area (Å²) in [6, 6.07) is 40.5. The molecule has 5 heterocycles. The molecular formula is C39H23BrN6. The molecule has 1 aliphatic heterocycles. The SMILES string of the molecule is N#Cc1ccc(-c2c3nc(c4ccc([nH]4)c(-c4ccc(C#N)cc4)c4ccc([nH]4)c(-c4ccc(Br)cc4)c4ccc2[nH]4)C=C3)cc1. The van der Waals surface area contributed by atoms with Crippen LogP contribution < -0.4 is 0 Å².